The van der Waals surface area contributed by atoms with Gasteiger partial charge in [0.25, 0.3) is 5.91 Å². The maximum absolute atomic E-state index is 12.3. The number of nitrogens with zero attached hydrogens (tertiary/aromatic N) is 1. The monoisotopic (exact) mass is 382 g/mol. The summed E-state index contributed by atoms with van der Waals surface area (Å²) in [6.07, 6.45) is 4.40. The average Bonchev–Trinajstić information content (AvgIpc) is 2.65. The first-order valence-corrected chi connectivity index (χ1v) is 8.42. The lowest BCUT2D eigenvalue weighted by molar-refractivity contribution is -0.117. The fourth-order valence-electron chi connectivity index (χ4n) is 2.67. The highest BCUT2D eigenvalue weighted by atomic mass is 35.5. The summed E-state index contributed by atoms with van der Waals surface area (Å²) in [7, 11) is 0. The Bertz CT molecular complexity index is 1140. The van der Waals surface area contributed by atoms with Crippen molar-refractivity contribution in [2.45, 2.75) is 12.8 Å². The van der Waals surface area contributed by atoms with Gasteiger partial charge in [-0.2, -0.15) is 5.26 Å². The summed E-state index contributed by atoms with van der Waals surface area (Å²) in [6.45, 7) is 0. The average molecular weight is 383 g/mol. The molecule has 1 aromatic heterocycles. The van der Waals surface area contributed by atoms with Gasteiger partial charge < -0.3 is 15.6 Å². The molecule has 0 fully saturated rings. The van der Waals surface area contributed by atoms with E-state index in [1.165, 1.54) is 12.1 Å². The van der Waals surface area contributed by atoms with Gasteiger partial charge in [-0.25, -0.2) is 4.79 Å². The molecule has 3 rings (SSSR count). The summed E-state index contributed by atoms with van der Waals surface area (Å²) in [5, 5.41) is 10.4. The van der Waals surface area contributed by atoms with Crippen LogP contribution in [0, 0.1) is 11.3 Å². The summed E-state index contributed by atoms with van der Waals surface area (Å²) >= 11 is 5.83. The Labute approximate surface area is 159 Å². The number of halogens is 1. The Balaban J connectivity index is 1.84. The minimum Gasteiger partial charge on any atom is -0.423 e. The Morgan fingerprint density at radius 3 is 2.78 bits per heavy atom. The molecular weight excluding hydrogens is 368 g/mol. The van der Waals surface area contributed by atoms with Crippen LogP contribution < -0.4 is 32.8 Å². The quantitative estimate of drug-likeness (QED) is 0.408. The molecule has 7 nitrogen and oxygen atoms in total. The number of carbonyl (C=O) groups is 1. The van der Waals surface area contributed by atoms with Crippen molar-refractivity contribution in [2.75, 3.05) is 5.73 Å². The van der Waals surface area contributed by atoms with E-state index in [0.717, 1.165) is 0 Å². The van der Waals surface area contributed by atoms with Gasteiger partial charge in [0.1, 0.15) is 17.1 Å². The summed E-state index contributed by atoms with van der Waals surface area (Å²) in [6, 6.07) is 9.78. The molecule has 0 bridgehead atoms. The van der Waals surface area contributed by atoms with Crippen molar-refractivity contribution in [3.8, 4) is 6.07 Å². The third kappa shape index (κ3) is 4.19. The summed E-state index contributed by atoms with van der Waals surface area (Å²) in [5.41, 5.74) is 12.5. The van der Waals surface area contributed by atoms with Crippen molar-refractivity contribution in [3.05, 3.63) is 67.5 Å². The van der Waals surface area contributed by atoms with Crippen LogP contribution in [0.4, 0.5) is 5.69 Å². The molecule has 0 aliphatic heterocycles. The van der Waals surface area contributed by atoms with Crippen LogP contribution in [0.25, 0.3) is 17.8 Å². The topological polar surface area (TPSA) is 121 Å². The number of nitrogens with two attached hydrogens (primary N) is 1. The third-order valence-corrected chi connectivity index (χ3v) is 4.17. The first-order valence-electron chi connectivity index (χ1n) is 8.04. The fourth-order valence-corrected chi connectivity index (χ4v) is 2.79. The lowest BCUT2D eigenvalue weighted by Gasteiger charge is -2.14. The molecule has 0 saturated carbocycles. The molecule has 1 heterocycles. The van der Waals surface area contributed by atoms with Crippen molar-refractivity contribution < 1.29 is 9.21 Å². The molecule has 1 aliphatic carbocycles. The Morgan fingerprint density at radius 2 is 2.07 bits per heavy atom. The fraction of sp³-hybridized carbons (Fsp3) is 0.105. The minimum atomic E-state index is -0.605. The number of hydrogen-bond acceptors (Lipinski definition) is 6. The lowest BCUT2D eigenvalue weighted by atomic mass is 10.1. The van der Waals surface area contributed by atoms with Gasteiger partial charge in [0.2, 0.25) is 0 Å². The number of benzene rings is 1. The van der Waals surface area contributed by atoms with Gasteiger partial charge in [-0.1, -0.05) is 23.7 Å². The van der Waals surface area contributed by atoms with E-state index < -0.39 is 11.5 Å². The Morgan fingerprint density at radius 1 is 1.33 bits per heavy atom. The number of nitrogens with one attached hydrogen (secondary N) is 2. The molecule has 1 aromatic carbocycles. The van der Waals surface area contributed by atoms with Gasteiger partial charge >= 0.3 is 5.63 Å². The zero-order valence-corrected chi connectivity index (χ0v) is 14.8. The van der Waals surface area contributed by atoms with Crippen molar-refractivity contribution >= 4 is 41.0 Å². The molecule has 0 spiro atoms. The molecule has 0 saturated heterocycles. The van der Waals surface area contributed by atoms with Crippen molar-refractivity contribution in [1.82, 2.24) is 10.9 Å². The SMILES string of the molecule is N#CC(=Cc1ccc(Cl)cc1)C(=O)NNC1=c2c(N)cc(=O)oc2=CCC1. The normalized spacial score (nSPS) is 13.2. The highest BCUT2D eigenvalue weighted by Gasteiger charge is 2.13. The van der Waals surface area contributed by atoms with Gasteiger partial charge in [0.15, 0.2) is 0 Å². The van der Waals surface area contributed by atoms with E-state index in [1.54, 1.807) is 30.3 Å². The van der Waals surface area contributed by atoms with E-state index in [4.69, 9.17) is 21.8 Å². The molecular formula is C19H15ClN4O3. The lowest BCUT2D eigenvalue weighted by Crippen LogP contribution is -2.44. The zero-order chi connectivity index (χ0) is 19.4. The molecule has 0 atom stereocenters. The van der Waals surface area contributed by atoms with Crippen molar-refractivity contribution in [2.24, 2.45) is 0 Å². The highest BCUT2D eigenvalue weighted by molar-refractivity contribution is 6.30. The van der Waals surface area contributed by atoms with E-state index in [1.807, 2.05) is 6.07 Å². The second-order valence-corrected chi connectivity index (χ2v) is 6.22. The summed E-state index contributed by atoms with van der Waals surface area (Å²) in [4.78, 5) is 23.8. The number of hydrazine groups is 1. The second kappa shape index (κ2) is 7.81. The largest absolute Gasteiger partial charge is 0.423 e. The first-order chi connectivity index (χ1) is 13.0. The van der Waals surface area contributed by atoms with Gasteiger partial charge in [0.05, 0.1) is 10.9 Å². The van der Waals surface area contributed by atoms with Crippen LogP contribution in [0.2, 0.25) is 5.02 Å². The molecule has 1 aliphatic rings. The summed E-state index contributed by atoms with van der Waals surface area (Å²) < 4.78 is 5.14. The van der Waals surface area contributed by atoms with Gasteiger partial charge in [0, 0.05) is 16.8 Å². The maximum Gasteiger partial charge on any atom is 0.338 e. The van der Waals surface area contributed by atoms with E-state index in [2.05, 4.69) is 10.9 Å². The predicted octanol–water partition coefficient (Wildman–Crippen LogP) is 0.786. The van der Waals surface area contributed by atoms with Crippen LogP contribution in [-0.4, -0.2) is 5.91 Å². The van der Waals surface area contributed by atoms with Crippen LogP contribution in [0.5, 0.6) is 0 Å². The van der Waals surface area contributed by atoms with Crippen LogP contribution in [-0.2, 0) is 4.79 Å². The minimum absolute atomic E-state index is 0.0828. The number of anilines is 1. The molecule has 0 unspecified atom stereocenters. The van der Waals surface area contributed by atoms with Crippen LogP contribution in [0.1, 0.15) is 18.4 Å². The molecule has 4 N–H and O–H groups in total. The Hall–Kier alpha value is -3.50. The van der Waals surface area contributed by atoms with E-state index in [0.29, 0.717) is 39.8 Å². The van der Waals surface area contributed by atoms with Crippen molar-refractivity contribution in [3.63, 3.8) is 0 Å². The molecule has 8 heteroatoms. The zero-order valence-electron chi connectivity index (χ0n) is 14.1. The molecule has 0 radical (unpaired) electrons. The van der Waals surface area contributed by atoms with Gasteiger partial charge in [-0.05, 0) is 42.7 Å². The summed E-state index contributed by atoms with van der Waals surface area (Å²) in [5.74, 6) is -0.605. The van der Waals surface area contributed by atoms with Crippen LogP contribution >= 0.6 is 11.6 Å². The number of carbonyl (C=O) groups excluding carboxylic acids is 1. The van der Waals surface area contributed by atoms with E-state index in [9.17, 15) is 14.9 Å². The van der Waals surface area contributed by atoms with Crippen molar-refractivity contribution in [1.29, 1.82) is 5.26 Å². The molecule has 2 aromatic rings. The smallest absolute Gasteiger partial charge is 0.338 e. The molecule has 136 valence electrons. The maximum atomic E-state index is 12.3. The van der Waals surface area contributed by atoms with Crippen LogP contribution in [0.3, 0.4) is 0 Å². The molecule has 1 amide bonds. The second-order valence-electron chi connectivity index (χ2n) is 5.78. The van der Waals surface area contributed by atoms with E-state index in [-0.39, 0.29) is 11.3 Å². The predicted molar refractivity (Wildman–Crippen MR) is 102 cm³/mol. The number of amides is 1. The number of nitriles is 1. The first kappa shape index (κ1) is 18.3. The van der Waals surface area contributed by atoms with E-state index >= 15 is 0 Å². The Kier molecular flexibility index (Phi) is 5.29. The standard InChI is InChI=1S/C19H15ClN4O3/c20-13-6-4-11(5-7-13)8-12(10-21)19(26)24-23-15-2-1-3-16-18(15)14(22)9-17(25)27-16/h3-9,23H,1-2,22H2,(H,24,26). The number of hydrogen-bond donors (Lipinski definition) is 3. The van der Waals surface area contributed by atoms with Gasteiger partial charge in [-0.3, -0.25) is 10.2 Å². The van der Waals surface area contributed by atoms with Crippen LogP contribution in [0.15, 0.2) is 45.1 Å². The highest BCUT2D eigenvalue weighted by Crippen LogP contribution is 2.12. The van der Waals surface area contributed by atoms with Gasteiger partial charge in [-0.15, -0.1) is 0 Å². The number of fused-ring (bicyclic) bond motifs is 1. The molecule has 27 heavy (non-hydrogen) atoms. The third-order valence-electron chi connectivity index (χ3n) is 3.92. The number of nitrogen functional groups attached to an aromatic ring is 1. The number of rotatable bonds is 4.